The smallest absolute Gasteiger partial charge is 0.0639 e. The van der Waals surface area contributed by atoms with Crippen LogP contribution in [0.1, 0.15) is 192 Å². The van der Waals surface area contributed by atoms with Gasteiger partial charge in [0.2, 0.25) is 0 Å². The summed E-state index contributed by atoms with van der Waals surface area (Å²) in [6, 6.07) is 14.3. The molecule has 2 aromatic carbocycles. The topological polar surface area (TPSA) is 24.7 Å². The highest BCUT2D eigenvalue weighted by atomic mass is 14.8. The molecule has 0 fully saturated rings. The van der Waals surface area contributed by atoms with E-state index in [0.717, 1.165) is 49.9 Å². The van der Waals surface area contributed by atoms with Crippen LogP contribution >= 0.6 is 0 Å². The summed E-state index contributed by atoms with van der Waals surface area (Å²) in [5, 5.41) is 0. The van der Waals surface area contributed by atoms with E-state index in [2.05, 4.69) is 77.9 Å². The van der Waals surface area contributed by atoms with Crippen LogP contribution in [0.2, 0.25) is 0 Å². The van der Waals surface area contributed by atoms with Crippen LogP contribution in [0, 0.1) is 0 Å². The summed E-state index contributed by atoms with van der Waals surface area (Å²) < 4.78 is 0. The molecule has 0 unspecified atom stereocenters. The molecule has 0 amide bonds. The minimum atomic E-state index is 1.03. The maximum absolute atomic E-state index is 5.57. The molecule has 2 nitrogen and oxygen atoms in total. The molecule has 0 N–H and O–H groups in total. The second kappa shape index (κ2) is 25.8. The summed E-state index contributed by atoms with van der Waals surface area (Å²) in [6.07, 6.45) is 29.8. The normalized spacial score (nSPS) is 12.3. The molecule has 0 heterocycles. The lowest BCUT2D eigenvalue weighted by Gasteiger charge is -2.14. The molecule has 2 aromatic rings. The fraction of sp³-hybridized carbons (Fsp3) is 0.682. The van der Waals surface area contributed by atoms with Crippen LogP contribution in [0.25, 0.3) is 0 Å². The van der Waals surface area contributed by atoms with E-state index in [9.17, 15) is 0 Å². The van der Waals surface area contributed by atoms with Crippen molar-refractivity contribution in [1.29, 1.82) is 0 Å². The first kappa shape index (κ1) is 40.0. The predicted molar refractivity (Wildman–Crippen MR) is 208 cm³/mol. The molecule has 0 aliphatic heterocycles. The summed E-state index contributed by atoms with van der Waals surface area (Å²) in [6.45, 7) is 13.7. The van der Waals surface area contributed by atoms with Crippen LogP contribution in [0.5, 0.6) is 0 Å². The second-order valence-corrected chi connectivity index (χ2v) is 13.8. The molecule has 258 valence electrons. The predicted octanol–water partition coefficient (Wildman–Crippen LogP) is 14.6. The van der Waals surface area contributed by atoms with Crippen LogP contribution in [0.15, 0.2) is 46.4 Å². The first-order valence-electron chi connectivity index (χ1n) is 20.0. The number of rotatable bonds is 27. The summed E-state index contributed by atoms with van der Waals surface area (Å²) >= 11 is 0. The SMILES string of the molecule is CCCCCCCCC(=Nc1cc(CC)cc(CC)c1)C(CCCCCCCC)=Nc1cc(CCCCC)cc(CCCCC)c1. The van der Waals surface area contributed by atoms with Crippen molar-refractivity contribution in [2.24, 2.45) is 9.98 Å². The summed E-state index contributed by atoms with van der Waals surface area (Å²) in [5.41, 5.74) is 10.5. The van der Waals surface area contributed by atoms with Gasteiger partial charge in [-0.25, -0.2) is 0 Å². The first-order valence-corrected chi connectivity index (χ1v) is 20.0. The Balaban J connectivity index is 2.54. The van der Waals surface area contributed by atoms with Gasteiger partial charge in [-0.15, -0.1) is 0 Å². The summed E-state index contributed by atoms with van der Waals surface area (Å²) in [5.74, 6) is 0. The average Bonchev–Trinajstić information content (AvgIpc) is 3.06. The van der Waals surface area contributed by atoms with Gasteiger partial charge >= 0.3 is 0 Å². The van der Waals surface area contributed by atoms with E-state index in [1.54, 1.807) is 0 Å². The van der Waals surface area contributed by atoms with Crippen LogP contribution in [-0.2, 0) is 25.7 Å². The third-order valence-corrected chi connectivity index (χ3v) is 9.42. The number of unbranched alkanes of at least 4 members (excludes halogenated alkanes) is 14. The molecule has 0 atom stereocenters. The van der Waals surface area contributed by atoms with E-state index < -0.39 is 0 Å². The average molecular weight is 629 g/mol. The van der Waals surface area contributed by atoms with Gasteiger partial charge in [-0.3, -0.25) is 9.98 Å². The minimum Gasteiger partial charge on any atom is -0.252 e. The van der Waals surface area contributed by atoms with Crippen LogP contribution in [-0.4, -0.2) is 11.4 Å². The summed E-state index contributed by atoms with van der Waals surface area (Å²) in [4.78, 5) is 11.1. The van der Waals surface area contributed by atoms with Gasteiger partial charge in [-0.05, 0) is 111 Å². The molecule has 0 aromatic heterocycles. The lowest BCUT2D eigenvalue weighted by atomic mass is 9.98. The van der Waals surface area contributed by atoms with Crippen molar-refractivity contribution in [3.63, 3.8) is 0 Å². The third-order valence-electron chi connectivity index (χ3n) is 9.42. The largest absolute Gasteiger partial charge is 0.252 e. The molecule has 2 rings (SSSR count). The van der Waals surface area contributed by atoms with Gasteiger partial charge in [-0.1, -0.05) is 144 Å². The standard InChI is InChI=1S/C44H72N2/c1-7-13-17-19-21-25-29-43(45-41-33-37(11-5)31-38(12-6)34-41)44(30-26-22-20-18-14-8-2)46-42-35-39(27-23-15-9-3)32-40(36-42)28-24-16-10-4/h31-36H,7-30H2,1-6H3. The Labute approximate surface area is 286 Å². The number of hydrogen-bond donors (Lipinski definition) is 0. The maximum Gasteiger partial charge on any atom is 0.0639 e. The molecule has 0 radical (unpaired) electrons. The van der Waals surface area contributed by atoms with Gasteiger partial charge in [0.1, 0.15) is 0 Å². The maximum atomic E-state index is 5.57. The van der Waals surface area contributed by atoms with Crippen molar-refractivity contribution in [2.75, 3.05) is 0 Å². The molecule has 0 aliphatic rings. The Morgan fingerprint density at radius 3 is 1.09 bits per heavy atom. The van der Waals surface area contributed by atoms with Crippen molar-refractivity contribution in [2.45, 2.75) is 196 Å². The Bertz CT molecular complexity index is 1070. The van der Waals surface area contributed by atoms with E-state index in [0.29, 0.717) is 0 Å². The minimum absolute atomic E-state index is 1.03. The first-order chi connectivity index (χ1) is 22.6. The summed E-state index contributed by atoms with van der Waals surface area (Å²) in [7, 11) is 0. The van der Waals surface area contributed by atoms with Crippen molar-refractivity contribution >= 4 is 22.8 Å². The lowest BCUT2D eigenvalue weighted by Crippen LogP contribution is -2.15. The molecule has 2 heteroatoms. The zero-order chi connectivity index (χ0) is 33.2. The number of nitrogens with zero attached hydrogens (tertiary/aromatic N) is 2. The van der Waals surface area contributed by atoms with Crippen LogP contribution in [0.4, 0.5) is 11.4 Å². The molecule has 0 saturated heterocycles. The highest BCUT2D eigenvalue weighted by Gasteiger charge is 2.13. The van der Waals surface area contributed by atoms with E-state index in [4.69, 9.17) is 9.98 Å². The molecular weight excluding hydrogens is 556 g/mol. The molecule has 0 saturated carbocycles. The number of aliphatic imine (C=N–C) groups is 2. The quantitative estimate of drug-likeness (QED) is 0.0694. The lowest BCUT2D eigenvalue weighted by molar-refractivity contribution is 0.613. The van der Waals surface area contributed by atoms with Gasteiger partial charge < -0.3 is 0 Å². The molecule has 0 spiro atoms. The fourth-order valence-electron chi connectivity index (χ4n) is 6.46. The van der Waals surface area contributed by atoms with E-state index in [1.807, 2.05) is 0 Å². The number of aryl methyl sites for hydroxylation is 4. The van der Waals surface area contributed by atoms with Crippen molar-refractivity contribution in [1.82, 2.24) is 0 Å². The fourth-order valence-corrected chi connectivity index (χ4v) is 6.46. The van der Waals surface area contributed by atoms with Crippen LogP contribution < -0.4 is 0 Å². The Morgan fingerprint density at radius 2 is 0.696 bits per heavy atom. The highest BCUT2D eigenvalue weighted by Crippen LogP contribution is 2.26. The Morgan fingerprint density at radius 1 is 0.370 bits per heavy atom. The second-order valence-electron chi connectivity index (χ2n) is 13.8. The molecular formula is C44H72N2. The van der Waals surface area contributed by atoms with E-state index >= 15 is 0 Å². The van der Waals surface area contributed by atoms with Gasteiger partial charge in [0.05, 0.1) is 22.8 Å². The number of benzene rings is 2. The van der Waals surface area contributed by atoms with E-state index in [1.165, 1.54) is 149 Å². The van der Waals surface area contributed by atoms with Gasteiger partial charge in [0.15, 0.2) is 0 Å². The zero-order valence-electron chi connectivity index (χ0n) is 31.3. The van der Waals surface area contributed by atoms with Crippen molar-refractivity contribution in [3.8, 4) is 0 Å². The van der Waals surface area contributed by atoms with Crippen molar-refractivity contribution in [3.05, 3.63) is 58.7 Å². The zero-order valence-corrected chi connectivity index (χ0v) is 31.3. The molecule has 0 bridgehead atoms. The van der Waals surface area contributed by atoms with E-state index in [-0.39, 0.29) is 0 Å². The molecule has 0 aliphatic carbocycles. The monoisotopic (exact) mass is 629 g/mol. The Kier molecular flexibility index (Phi) is 22.4. The van der Waals surface area contributed by atoms with Crippen LogP contribution in [0.3, 0.4) is 0 Å². The van der Waals surface area contributed by atoms with Crippen molar-refractivity contribution < 1.29 is 0 Å². The Hall–Kier alpha value is -2.22. The van der Waals surface area contributed by atoms with Gasteiger partial charge in [-0.2, -0.15) is 0 Å². The molecule has 46 heavy (non-hydrogen) atoms. The van der Waals surface area contributed by atoms with Gasteiger partial charge in [0.25, 0.3) is 0 Å². The number of hydrogen-bond acceptors (Lipinski definition) is 2. The third kappa shape index (κ3) is 17.1. The highest BCUT2D eigenvalue weighted by molar-refractivity contribution is 6.43. The van der Waals surface area contributed by atoms with Gasteiger partial charge in [0, 0.05) is 0 Å².